The van der Waals surface area contributed by atoms with Crippen LogP contribution in [-0.4, -0.2) is 0 Å². The van der Waals surface area contributed by atoms with Gasteiger partial charge in [-0.1, -0.05) is 46.6 Å². The number of benzene rings is 3. The first-order chi connectivity index (χ1) is 11.7. The Kier molecular flexibility index (Phi) is 3.81. The number of hydrogen-bond donors (Lipinski definition) is 0. The standard InChI is InChI=1S/C21H18BrNO/c1-3-15-6-10-18-20(12-15)24-21-13-16(22)7-11-19(21)23(18)17-8-4-14(2)5-9-17/h4-13H,3H2,1-2H3. The average Bonchev–Trinajstić information content (AvgIpc) is 2.60. The van der Waals surface area contributed by atoms with Crippen LogP contribution < -0.4 is 9.64 Å². The van der Waals surface area contributed by atoms with Crippen molar-refractivity contribution in [3.63, 3.8) is 0 Å². The third-order valence-electron chi connectivity index (χ3n) is 4.35. The Bertz CT molecular complexity index is 902. The van der Waals surface area contributed by atoms with Crippen LogP contribution in [0.1, 0.15) is 18.1 Å². The monoisotopic (exact) mass is 379 g/mol. The van der Waals surface area contributed by atoms with E-state index in [4.69, 9.17) is 4.74 Å². The largest absolute Gasteiger partial charge is 0.453 e. The van der Waals surface area contributed by atoms with Crippen LogP contribution in [-0.2, 0) is 6.42 Å². The van der Waals surface area contributed by atoms with E-state index in [1.807, 2.05) is 6.07 Å². The first kappa shape index (κ1) is 15.3. The number of rotatable bonds is 2. The number of halogens is 1. The summed E-state index contributed by atoms with van der Waals surface area (Å²) in [6.07, 6.45) is 0.993. The van der Waals surface area contributed by atoms with Crippen LogP contribution >= 0.6 is 15.9 Å². The van der Waals surface area contributed by atoms with Crippen molar-refractivity contribution >= 4 is 33.0 Å². The number of anilines is 3. The van der Waals surface area contributed by atoms with Crippen molar-refractivity contribution in [1.29, 1.82) is 0 Å². The Balaban J connectivity index is 1.93. The fourth-order valence-corrected chi connectivity index (χ4v) is 3.36. The predicted molar refractivity (Wildman–Crippen MR) is 103 cm³/mol. The smallest absolute Gasteiger partial charge is 0.152 e. The van der Waals surface area contributed by atoms with Crippen molar-refractivity contribution in [1.82, 2.24) is 0 Å². The molecule has 0 aromatic heterocycles. The van der Waals surface area contributed by atoms with Gasteiger partial charge in [-0.25, -0.2) is 0 Å². The molecule has 24 heavy (non-hydrogen) atoms. The maximum absolute atomic E-state index is 6.20. The molecule has 0 N–H and O–H groups in total. The summed E-state index contributed by atoms with van der Waals surface area (Å²) in [6.45, 7) is 4.27. The van der Waals surface area contributed by atoms with Gasteiger partial charge in [-0.05, 0) is 61.4 Å². The first-order valence-corrected chi connectivity index (χ1v) is 8.92. The first-order valence-electron chi connectivity index (χ1n) is 8.13. The number of fused-ring (bicyclic) bond motifs is 2. The Morgan fingerprint density at radius 1 is 0.875 bits per heavy atom. The predicted octanol–water partition coefficient (Wildman–Crippen LogP) is 6.90. The van der Waals surface area contributed by atoms with Crippen LogP contribution in [0.25, 0.3) is 0 Å². The SMILES string of the molecule is CCc1ccc2c(c1)Oc1cc(Br)ccc1N2c1ccc(C)cc1. The Morgan fingerprint density at radius 3 is 2.25 bits per heavy atom. The highest BCUT2D eigenvalue weighted by atomic mass is 79.9. The lowest BCUT2D eigenvalue weighted by Crippen LogP contribution is -2.16. The summed E-state index contributed by atoms with van der Waals surface area (Å²) in [5.74, 6) is 1.77. The van der Waals surface area contributed by atoms with E-state index in [1.54, 1.807) is 0 Å². The second kappa shape index (κ2) is 5.99. The summed E-state index contributed by atoms with van der Waals surface area (Å²) in [6, 6.07) is 21.2. The molecule has 120 valence electrons. The molecule has 0 unspecified atom stereocenters. The lowest BCUT2D eigenvalue weighted by atomic mass is 10.1. The molecular formula is C21H18BrNO. The van der Waals surface area contributed by atoms with Gasteiger partial charge in [0.1, 0.15) is 0 Å². The molecule has 3 aromatic rings. The molecule has 0 radical (unpaired) electrons. The van der Waals surface area contributed by atoms with Gasteiger partial charge in [-0.3, -0.25) is 0 Å². The lowest BCUT2D eigenvalue weighted by Gasteiger charge is -2.33. The molecule has 1 aliphatic rings. The fourth-order valence-electron chi connectivity index (χ4n) is 3.02. The van der Waals surface area contributed by atoms with E-state index in [2.05, 4.69) is 89.3 Å². The molecule has 4 rings (SSSR count). The zero-order valence-electron chi connectivity index (χ0n) is 13.7. The van der Waals surface area contributed by atoms with Crippen LogP contribution in [0.4, 0.5) is 17.1 Å². The zero-order chi connectivity index (χ0) is 16.7. The number of nitrogens with zero attached hydrogens (tertiary/aromatic N) is 1. The van der Waals surface area contributed by atoms with Gasteiger partial charge in [0, 0.05) is 10.2 Å². The van der Waals surface area contributed by atoms with Crippen LogP contribution in [0.3, 0.4) is 0 Å². The second-order valence-corrected chi connectivity index (χ2v) is 6.96. The molecule has 0 saturated carbocycles. The molecule has 0 fully saturated rings. The maximum Gasteiger partial charge on any atom is 0.152 e. The van der Waals surface area contributed by atoms with E-state index in [0.29, 0.717) is 0 Å². The highest BCUT2D eigenvalue weighted by molar-refractivity contribution is 9.10. The van der Waals surface area contributed by atoms with Crippen LogP contribution in [0, 0.1) is 6.92 Å². The van der Waals surface area contributed by atoms with Gasteiger partial charge in [0.25, 0.3) is 0 Å². The quantitative estimate of drug-likeness (QED) is 0.375. The molecule has 0 aliphatic carbocycles. The van der Waals surface area contributed by atoms with E-state index in [9.17, 15) is 0 Å². The van der Waals surface area contributed by atoms with Crippen LogP contribution in [0.2, 0.25) is 0 Å². The van der Waals surface area contributed by atoms with Crippen molar-refractivity contribution in [2.24, 2.45) is 0 Å². The number of aryl methyl sites for hydroxylation is 2. The second-order valence-electron chi connectivity index (χ2n) is 6.04. The molecule has 3 heteroatoms. The highest BCUT2D eigenvalue weighted by Gasteiger charge is 2.26. The minimum Gasteiger partial charge on any atom is -0.453 e. The van der Waals surface area contributed by atoms with Crippen molar-refractivity contribution < 1.29 is 4.74 Å². The molecule has 2 nitrogen and oxygen atoms in total. The zero-order valence-corrected chi connectivity index (χ0v) is 15.3. The van der Waals surface area contributed by atoms with Crippen molar-refractivity contribution in [3.05, 3.63) is 76.3 Å². The van der Waals surface area contributed by atoms with Crippen LogP contribution in [0.5, 0.6) is 11.5 Å². The average molecular weight is 380 g/mol. The van der Waals surface area contributed by atoms with Crippen molar-refractivity contribution in [2.75, 3.05) is 4.90 Å². The highest BCUT2D eigenvalue weighted by Crippen LogP contribution is 2.51. The number of ether oxygens (including phenoxy) is 1. The van der Waals surface area contributed by atoms with Gasteiger partial charge in [0.05, 0.1) is 11.4 Å². The Hall–Kier alpha value is -2.26. The van der Waals surface area contributed by atoms with Crippen molar-refractivity contribution in [3.8, 4) is 11.5 Å². The van der Waals surface area contributed by atoms with E-state index in [0.717, 1.165) is 39.5 Å². The summed E-state index contributed by atoms with van der Waals surface area (Å²) in [5, 5.41) is 0. The summed E-state index contributed by atoms with van der Waals surface area (Å²) < 4.78 is 7.22. The van der Waals surface area contributed by atoms with Gasteiger partial charge in [-0.2, -0.15) is 0 Å². The van der Waals surface area contributed by atoms with Crippen LogP contribution in [0.15, 0.2) is 65.1 Å². The van der Waals surface area contributed by atoms with Gasteiger partial charge in [0.15, 0.2) is 11.5 Å². The molecule has 0 amide bonds. The molecular weight excluding hydrogens is 362 g/mol. The molecule has 3 aromatic carbocycles. The van der Waals surface area contributed by atoms with E-state index in [1.165, 1.54) is 11.1 Å². The summed E-state index contributed by atoms with van der Waals surface area (Å²) in [5.41, 5.74) is 5.79. The van der Waals surface area contributed by atoms with Gasteiger partial charge in [0.2, 0.25) is 0 Å². The summed E-state index contributed by atoms with van der Waals surface area (Å²) in [7, 11) is 0. The molecule has 1 heterocycles. The van der Waals surface area contributed by atoms with Crippen molar-refractivity contribution in [2.45, 2.75) is 20.3 Å². The molecule has 1 aliphatic heterocycles. The Labute approximate surface area is 150 Å². The normalized spacial score (nSPS) is 12.4. The van der Waals surface area contributed by atoms with E-state index < -0.39 is 0 Å². The maximum atomic E-state index is 6.20. The number of hydrogen-bond acceptors (Lipinski definition) is 2. The third kappa shape index (κ3) is 2.59. The Morgan fingerprint density at radius 2 is 1.54 bits per heavy atom. The fraction of sp³-hybridized carbons (Fsp3) is 0.143. The third-order valence-corrected chi connectivity index (χ3v) is 4.84. The molecule has 0 bridgehead atoms. The minimum absolute atomic E-state index is 0.866. The molecule has 0 atom stereocenters. The van der Waals surface area contributed by atoms with Gasteiger partial charge >= 0.3 is 0 Å². The molecule has 0 spiro atoms. The summed E-state index contributed by atoms with van der Waals surface area (Å²) in [4.78, 5) is 2.26. The minimum atomic E-state index is 0.866. The van der Waals surface area contributed by atoms with E-state index >= 15 is 0 Å². The summed E-state index contributed by atoms with van der Waals surface area (Å²) >= 11 is 3.55. The lowest BCUT2D eigenvalue weighted by molar-refractivity contribution is 0.476. The molecule has 0 saturated heterocycles. The van der Waals surface area contributed by atoms with Gasteiger partial charge in [-0.15, -0.1) is 0 Å². The topological polar surface area (TPSA) is 12.5 Å². The van der Waals surface area contributed by atoms with E-state index in [-0.39, 0.29) is 0 Å². The van der Waals surface area contributed by atoms with Gasteiger partial charge < -0.3 is 9.64 Å².